The molecule has 0 aliphatic rings. The zero-order valence-corrected chi connectivity index (χ0v) is 10.5. The Labute approximate surface area is 114 Å². The summed E-state index contributed by atoms with van der Waals surface area (Å²) in [6, 6.07) is 8.03. The Bertz CT molecular complexity index is 718. The van der Waals surface area contributed by atoms with Crippen LogP contribution in [0.1, 0.15) is 22.2 Å². The van der Waals surface area contributed by atoms with Gasteiger partial charge in [0.2, 0.25) is 0 Å². The average Bonchev–Trinajstić information content (AvgIpc) is 3.14. The minimum atomic E-state index is -0.560. The van der Waals surface area contributed by atoms with E-state index in [1.165, 1.54) is 6.26 Å². The number of aliphatic hydroxyl groups excluding tert-OH is 1. The maximum absolute atomic E-state index is 12.2. The molecule has 2 aromatic heterocycles. The molecule has 1 atom stereocenters. The van der Waals surface area contributed by atoms with Crippen molar-refractivity contribution in [1.82, 2.24) is 15.3 Å². The fourth-order valence-corrected chi connectivity index (χ4v) is 2.01. The molecule has 0 radical (unpaired) electrons. The molecule has 0 aliphatic heterocycles. The predicted octanol–water partition coefficient (Wildman–Crippen LogP) is 1.62. The molecule has 1 amide bonds. The van der Waals surface area contributed by atoms with Crippen molar-refractivity contribution in [2.24, 2.45) is 0 Å². The summed E-state index contributed by atoms with van der Waals surface area (Å²) in [5.74, 6) is 0.236. The van der Waals surface area contributed by atoms with E-state index in [1.54, 1.807) is 36.7 Å². The molecule has 2 heterocycles. The maximum atomic E-state index is 12.2. The number of nitrogens with one attached hydrogen (secondary N) is 2. The molecule has 20 heavy (non-hydrogen) atoms. The molecular formula is C14H13N3O3. The summed E-state index contributed by atoms with van der Waals surface area (Å²) in [6.45, 7) is -0.231. The van der Waals surface area contributed by atoms with E-state index < -0.39 is 6.04 Å². The number of carbonyl (C=O) groups excluding carboxylic acids is 1. The molecule has 1 aromatic carbocycles. The molecule has 0 bridgehead atoms. The number of hydrogen-bond donors (Lipinski definition) is 3. The van der Waals surface area contributed by atoms with Gasteiger partial charge in [0.05, 0.1) is 30.2 Å². The molecule has 102 valence electrons. The van der Waals surface area contributed by atoms with Crippen molar-refractivity contribution in [3.8, 4) is 0 Å². The number of imidazole rings is 1. The largest absolute Gasteiger partial charge is 0.467 e. The SMILES string of the molecule is O=C(NC(CO)c1ccco1)c1ccc2nc[nH]c2c1. The molecule has 3 rings (SSSR count). The third kappa shape index (κ3) is 2.28. The van der Waals surface area contributed by atoms with E-state index >= 15 is 0 Å². The average molecular weight is 271 g/mol. The van der Waals surface area contributed by atoms with Gasteiger partial charge in [-0.05, 0) is 30.3 Å². The fraction of sp³-hybridized carbons (Fsp3) is 0.143. The maximum Gasteiger partial charge on any atom is 0.252 e. The lowest BCUT2D eigenvalue weighted by Crippen LogP contribution is -2.30. The number of benzene rings is 1. The van der Waals surface area contributed by atoms with Gasteiger partial charge in [0.1, 0.15) is 11.8 Å². The number of aromatic nitrogens is 2. The Morgan fingerprint density at radius 1 is 1.45 bits per heavy atom. The summed E-state index contributed by atoms with van der Waals surface area (Å²) in [6.07, 6.45) is 3.08. The summed E-state index contributed by atoms with van der Waals surface area (Å²) in [7, 11) is 0. The van der Waals surface area contributed by atoms with Gasteiger partial charge in [-0.2, -0.15) is 0 Å². The first-order valence-corrected chi connectivity index (χ1v) is 6.16. The number of hydrogen-bond acceptors (Lipinski definition) is 4. The van der Waals surface area contributed by atoms with Crippen LogP contribution in [0.15, 0.2) is 47.3 Å². The summed E-state index contributed by atoms with van der Waals surface area (Å²) in [5.41, 5.74) is 2.08. The number of H-pyrrole nitrogens is 1. The molecule has 0 aliphatic carbocycles. The van der Waals surface area contributed by atoms with E-state index in [1.807, 2.05) is 0 Å². The second-order valence-electron chi connectivity index (χ2n) is 4.36. The van der Waals surface area contributed by atoms with Crippen molar-refractivity contribution >= 4 is 16.9 Å². The Kier molecular flexibility index (Phi) is 3.22. The van der Waals surface area contributed by atoms with E-state index in [0.29, 0.717) is 11.3 Å². The van der Waals surface area contributed by atoms with Gasteiger partial charge in [0, 0.05) is 5.56 Å². The Balaban J connectivity index is 1.81. The zero-order chi connectivity index (χ0) is 13.9. The highest BCUT2D eigenvalue weighted by Gasteiger charge is 2.17. The Morgan fingerprint density at radius 2 is 2.35 bits per heavy atom. The van der Waals surface area contributed by atoms with Gasteiger partial charge >= 0.3 is 0 Å². The summed E-state index contributed by atoms with van der Waals surface area (Å²) in [5, 5.41) is 12.1. The standard InChI is InChI=1S/C14H13N3O3/c18-7-12(13-2-1-5-20-13)17-14(19)9-3-4-10-11(6-9)16-8-15-10/h1-6,8,12,18H,7H2,(H,15,16)(H,17,19). The number of rotatable bonds is 4. The Morgan fingerprint density at radius 3 is 3.10 bits per heavy atom. The van der Waals surface area contributed by atoms with E-state index in [9.17, 15) is 9.90 Å². The minimum Gasteiger partial charge on any atom is -0.467 e. The van der Waals surface area contributed by atoms with E-state index in [4.69, 9.17) is 4.42 Å². The van der Waals surface area contributed by atoms with E-state index in [-0.39, 0.29) is 12.5 Å². The molecule has 1 unspecified atom stereocenters. The molecule has 0 fully saturated rings. The normalized spacial score (nSPS) is 12.4. The van der Waals surface area contributed by atoms with Crippen LogP contribution in [-0.4, -0.2) is 27.6 Å². The first kappa shape index (κ1) is 12.4. The molecule has 0 saturated heterocycles. The van der Waals surface area contributed by atoms with Crippen molar-refractivity contribution in [3.63, 3.8) is 0 Å². The molecule has 6 heteroatoms. The number of amides is 1. The van der Waals surface area contributed by atoms with Crippen LogP contribution >= 0.6 is 0 Å². The monoisotopic (exact) mass is 271 g/mol. The third-order valence-electron chi connectivity index (χ3n) is 3.06. The van der Waals surface area contributed by atoms with Gasteiger partial charge in [0.25, 0.3) is 5.91 Å². The van der Waals surface area contributed by atoms with Crippen LogP contribution in [0.25, 0.3) is 11.0 Å². The quantitative estimate of drug-likeness (QED) is 0.672. The summed E-state index contributed by atoms with van der Waals surface area (Å²) in [4.78, 5) is 19.2. The predicted molar refractivity (Wildman–Crippen MR) is 72.1 cm³/mol. The molecule has 0 saturated carbocycles. The zero-order valence-electron chi connectivity index (χ0n) is 10.5. The molecule has 3 aromatic rings. The van der Waals surface area contributed by atoms with Crippen LogP contribution in [0.2, 0.25) is 0 Å². The highest BCUT2D eigenvalue weighted by atomic mass is 16.3. The van der Waals surface area contributed by atoms with Crippen LogP contribution in [0, 0.1) is 0 Å². The molecule has 3 N–H and O–H groups in total. The smallest absolute Gasteiger partial charge is 0.252 e. The van der Waals surface area contributed by atoms with Crippen molar-refractivity contribution in [1.29, 1.82) is 0 Å². The first-order valence-electron chi connectivity index (χ1n) is 6.16. The van der Waals surface area contributed by atoms with Gasteiger partial charge in [0.15, 0.2) is 0 Å². The number of aromatic amines is 1. The van der Waals surface area contributed by atoms with Crippen LogP contribution in [0.3, 0.4) is 0 Å². The lowest BCUT2D eigenvalue weighted by atomic mass is 10.1. The number of aliphatic hydroxyl groups is 1. The number of carbonyl (C=O) groups is 1. The number of nitrogens with zero attached hydrogens (tertiary/aromatic N) is 1. The second-order valence-corrected chi connectivity index (χ2v) is 4.36. The lowest BCUT2D eigenvalue weighted by molar-refractivity contribution is 0.0907. The number of fused-ring (bicyclic) bond motifs is 1. The van der Waals surface area contributed by atoms with Gasteiger partial charge in [-0.3, -0.25) is 4.79 Å². The van der Waals surface area contributed by atoms with E-state index in [2.05, 4.69) is 15.3 Å². The van der Waals surface area contributed by atoms with Gasteiger partial charge in [-0.15, -0.1) is 0 Å². The van der Waals surface area contributed by atoms with Crippen molar-refractivity contribution in [2.45, 2.75) is 6.04 Å². The van der Waals surface area contributed by atoms with Crippen LogP contribution in [0.5, 0.6) is 0 Å². The highest BCUT2D eigenvalue weighted by Crippen LogP contribution is 2.15. The van der Waals surface area contributed by atoms with Gasteiger partial charge in [-0.25, -0.2) is 4.98 Å². The second kappa shape index (κ2) is 5.18. The summed E-state index contributed by atoms with van der Waals surface area (Å²) < 4.78 is 5.19. The molecular weight excluding hydrogens is 258 g/mol. The summed E-state index contributed by atoms with van der Waals surface area (Å²) >= 11 is 0. The first-order chi connectivity index (χ1) is 9.78. The van der Waals surface area contributed by atoms with Crippen LogP contribution in [-0.2, 0) is 0 Å². The van der Waals surface area contributed by atoms with Crippen molar-refractivity contribution in [2.75, 3.05) is 6.61 Å². The molecule has 0 spiro atoms. The topological polar surface area (TPSA) is 91.2 Å². The van der Waals surface area contributed by atoms with Gasteiger partial charge < -0.3 is 19.8 Å². The highest BCUT2D eigenvalue weighted by molar-refractivity contribution is 5.97. The number of furan rings is 1. The Hall–Kier alpha value is -2.60. The van der Waals surface area contributed by atoms with Crippen LogP contribution < -0.4 is 5.32 Å². The molecule has 6 nitrogen and oxygen atoms in total. The third-order valence-corrected chi connectivity index (χ3v) is 3.06. The minimum absolute atomic E-state index is 0.231. The van der Waals surface area contributed by atoms with Crippen molar-refractivity contribution in [3.05, 3.63) is 54.2 Å². The lowest BCUT2D eigenvalue weighted by Gasteiger charge is -2.13. The fourth-order valence-electron chi connectivity index (χ4n) is 2.01. The van der Waals surface area contributed by atoms with Crippen LogP contribution in [0.4, 0.5) is 0 Å². The van der Waals surface area contributed by atoms with Crippen molar-refractivity contribution < 1.29 is 14.3 Å². The van der Waals surface area contributed by atoms with E-state index in [0.717, 1.165) is 11.0 Å². The van der Waals surface area contributed by atoms with Gasteiger partial charge in [-0.1, -0.05) is 0 Å².